The van der Waals surface area contributed by atoms with E-state index in [4.69, 9.17) is 0 Å². The molecule has 8 heteroatoms. The Kier molecular flexibility index (Phi) is 4.32. The summed E-state index contributed by atoms with van der Waals surface area (Å²) in [5.74, 6) is -0.278. The number of likely N-dealkylation sites (tertiary alicyclic amines) is 1. The molecule has 112 valence electrons. The quantitative estimate of drug-likeness (QED) is 0.909. The summed E-state index contributed by atoms with van der Waals surface area (Å²) in [6, 6.07) is 1.52. The van der Waals surface area contributed by atoms with E-state index in [0.717, 1.165) is 0 Å². The van der Waals surface area contributed by atoms with Crippen LogP contribution in [0, 0.1) is 0 Å². The van der Waals surface area contributed by atoms with Crippen molar-refractivity contribution in [1.82, 2.24) is 20.0 Å². The lowest BCUT2D eigenvalue weighted by Gasteiger charge is -2.32. The minimum absolute atomic E-state index is 0.0889. The van der Waals surface area contributed by atoms with Crippen LogP contribution >= 0.6 is 0 Å². The highest BCUT2D eigenvalue weighted by Crippen LogP contribution is 2.19. The first kappa shape index (κ1) is 14.8. The third kappa shape index (κ3) is 4.22. The Balaban J connectivity index is 1.78. The van der Waals surface area contributed by atoms with Gasteiger partial charge < -0.3 is 5.32 Å². The van der Waals surface area contributed by atoms with E-state index in [1.165, 1.54) is 9.58 Å². The van der Waals surface area contributed by atoms with Gasteiger partial charge in [-0.25, -0.2) is 0 Å². The molecule has 0 atom stereocenters. The molecule has 0 radical (unpaired) electrons. The number of halogens is 3. The van der Waals surface area contributed by atoms with E-state index >= 15 is 0 Å². The third-order valence-electron chi connectivity index (χ3n) is 3.27. The van der Waals surface area contributed by atoms with Crippen molar-refractivity contribution >= 4 is 5.91 Å². The Morgan fingerprint density at radius 3 is 2.60 bits per heavy atom. The Morgan fingerprint density at radius 2 is 2.10 bits per heavy atom. The van der Waals surface area contributed by atoms with Gasteiger partial charge in [0.25, 0.3) is 5.91 Å². The fourth-order valence-electron chi connectivity index (χ4n) is 2.28. The molecule has 0 bridgehead atoms. The van der Waals surface area contributed by atoms with Crippen molar-refractivity contribution in [2.45, 2.75) is 25.1 Å². The Morgan fingerprint density at radius 1 is 1.45 bits per heavy atom. The molecule has 0 aliphatic carbocycles. The number of nitrogens with one attached hydrogen (secondary N) is 1. The van der Waals surface area contributed by atoms with Crippen molar-refractivity contribution < 1.29 is 18.0 Å². The molecule has 1 saturated heterocycles. The topological polar surface area (TPSA) is 50.2 Å². The molecular formula is C12H17F3N4O. The van der Waals surface area contributed by atoms with E-state index in [-0.39, 0.29) is 11.9 Å². The molecule has 1 aliphatic rings. The number of hydrogen-bond donors (Lipinski definition) is 1. The van der Waals surface area contributed by atoms with Crippen LogP contribution in [0.3, 0.4) is 0 Å². The number of hydrogen-bond acceptors (Lipinski definition) is 3. The summed E-state index contributed by atoms with van der Waals surface area (Å²) in [5, 5.41) is 6.79. The van der Waals surface area contributed by atoms with Gasteiger partial charge in [-0.2, -0.15) is 18.3 Å². The second-order valence-electron chi connectivity index (χ2n) is 5.01. The molecule has 2 rings (SSSR count). The maximum absolute atomic E-state index is 12.2. The van der Waals surface area contributed by atoms with Crippen molar-refractivity contribution in [2.24, 2.45) is 7.05 Å². The summed E-state index contributed by atoms with van der Waals surface area (Å²) in [6.45, 7) is -0.201. The SMILES string of the molecule is Cn1ccc(C(=O)NC2CCN(CC(F)(F)F)CC2)n1. The van der Waals surface area contributed by atoms with Gasteiger partial charge in [-0.15, -0.1) is 0 Å². The summed E-state index contributed by atoms with van der Waals surface area (Å²) < 4.78 is 38.3. The van der Waals surface area contributed by atoms with Gasteiger partial charge in [0.15, 0.2) is 0 Å². The molecule has 20 heavy (non-hydrogen) atoms. The zero-order chi connectivity index (χ0) is 14.8. The van der Waals surface area contributed by atoms with Crippen LogP contribution in [0.25, 0.3) is 0 Å². The minimum Gasteiger partial charge on any atom is -0.348 e. The first-order valence-electron chi connectivity index (χ1n) is 6.43. The molecule has 1 aromatic rings. The van der Waals surface area contributed by atoms with Crippen LogP contribution in [0.5, 0.6) is 0 Å². The highest BCUT2D eigenvalue weighted by molar-refractivity contribution is 5.92. The van der Waals surface area contributed by atoms with Crippen molar-refractivity contribution in [1.29, 1.82) is 0 Å². The smallest absolute Gasteiger partial charge is 0.348 e. The average Bonchev–Trinajstić information content (AvgIpc) is 2.77. The van der Waals surface area contributed by atoms with Crippen LogP contribution in [-0.2, 0) is 7.05 Å². The first-order valence-corrected chi connectivity index (χ1v) is 6.43. The molecule has 0 spiro atoms. The van der Waals surface area contributed by atoms with Gasteiger partial charge in [-0.1, -0.05) is 0 Å². The van der Waals surface area contributed by atoms with E-state index < -0.39 is 12.7 Å². The maximum atomic E-state index is 12.2. The maximum Gasteiger partial charge on any atom is 0.401 e. The van der Waals surface area contributed by atoms with Gasteiger partial charge in [-0.05, 0) is 18.9 Å². The zero-order valence-electron chi connectivity index (χ0n) is 11.2. The lowest BCUT2D eigenvalue weighted by Crippen LogP contribution is -2.47. The van der Waals surface area contributed by atoms with Crippen LogP contribution in [0.15, 0.2) is 12.3 Å². The molecule has 5 nitrogen and oxygen atoms in total. The van der Waals surface area contributed by atoms with Gasteiger partial charge in [0.05, 0.1) is 6.54 Å². The second-order valence-corrected chi connectivity index (χ2v) is 5.01. The van der Waals surface area contributed by atoms with Crippen LogP contribution in [-0.4, -0.2) is 52.4 Å². The van der Waals surface area contributed by atoms with Crippen LogP contribution in [0.1, 0.15) is 23.3 Å². The molecule has 1 amide bonds. The number of rotatable bonds is 3. The molecule has 0 saturated carbocycles. The minimum atomic E-state index is -4.16. The summed E-state index contributed by atoms with van der Waals surface area (Å²) in [4.78, 5) is 13.2. The number of aromatic nitrogens is 2. The largest absolute Gasteiger partial charge is 0.401 e. The number of piperidine rings is 1. The summed E-state index contributed by atoms with van der Waals surface area (Å²) in [7, 11) is 1.71. The van der Waals surface area contributed by atoms with Crippen molar-refractivity contribution in [3.63, 3.8) is 0 Å². The number of carbonyl (C=O) groups excluding carboxylic acids is 1. The van der Waals surface area contributed by atoms with Gasteiger partial charge in [0.1, 0.15) is 5.69 Å². The summed E-state index contributed by atoms with van der Waals surface area (Å²) in [6.07, 6.45) is -1.45. The number of aryl methyl sites for hydroxylation is 1. The fourth-order valence-corrected chi connectivity index (χ4v) is 2.28. The molecule has 0 aromatic carbocycles. The molecule has 0 unspecified atom stereocenters. The van der Waals surface area contributed by atoms with E-state index in [1.54, 1.807) is 19.3 Å². The lowest BCUT2D eigenvalue weighted by molar-refractivity contribution is -0.148. The number of carbonyl (C=O) groups is 1. The van der Waals surface area contributed by atoms with E-state index in [2.05, 4.69) is 10.4 Å². The normalized spacial score (nSPS) is 18.2. The van der Waals surface area contributed by atoms with Crippen LogP contribution < -0.4 is 5.32 Å². The van der Waals surface area contributed by atoms with Crippen molar-refractivity contribution in [3.05, 3.63) is 18.0 Å². The molecule has 1 aromatic heterocycles. The second kappa shape index (κ2) is 5.82. The number of amides is 1. The predicted molar refractivity (Wildman–Crippen MR) is 66.2 cm³/mol. The van der Waals surface area contributed by atoms with Crippen LogP contribution in [0.4, 0.5) is 13.2 Å². The Hall–Kier alpha value is -1.57. The molecular weight excluding hydrogens is 273 g/mol. The predicted octanol–water partition coefficient (Wildman–Crippen LogP) is 1.18. The van der Waals surface area contributed by atoms with Crippen molar-refractivity contribution in [2.75, 3.05) is 19.6 Å². The van der Waals surface area contributed by atoms with Crippen molar-refractivity contribution in [3.8, 4) is 0 Å². The average molecular weight is 290 g/mol. The molecule has 1 aliphatic heterocycles. The standard InChI is InChI=1S/C12H17F3N4O/c1-18-5-4-10(17-18)11(20)16-9-2-6-19(7-3-9)8-12(13,14)15/h4-5,9H,2-3,6-8H2,1H3,(H,16,20). The highest BCUT2D eigenvalue weighted by atomic mass is 19.4. The van der Waals surface area contributed by atoms with E-state index in [1.807, 2.05) is 0 Å². The Labute approximate surface area is 114 Å². The monoisotopic (exact) mass is 290 g/mol. The van der Waals surface area contributed by atoms with Gasteiger partial charge in [0, 0.05) is 32.4 Å². The third-order valence-corrected chi connectivity index (χ3v) is 3.27. The van der Waals surface area contributed by atoms with Gasteiger partial charge in [0.2, 0.25) is 0 Å². The van der Waals surface area contributed by atoms with E-state index in [9.17, 15) is 18.0 Å². The van der Waals surface area contributed by atoms with Crippen LogP contribution in [0.2, 0.25) is 0 Å². The molecule has 1 N–H and O–H groups in total. The zero-order valence-corrected chi connectivity index (χ0v) is 11.2. The highest BCUT2D eigenvalue weighted by Gasteiger charge is 2.32. The molecule has 2 heterocycles. The fraction of sp³-hybridized carbons (Fsp3) is 0.667. The summed E-state index contributed by atoms with van der Waals surface area (Å²) in [5.41, 5.74) is 0.324. The van der Waals surface area contributed by atoms with Gasteiger partial charge in [-0.3, -0.25) is 14.4 Å². The molecule has 1 fully saturated rings. The summed E-state index contributed by atoms with van der Waals surface area (Å²) >= 11 is 0. The number of nitrogens with zero attached hydrogens (tertiary/aromatic N) is 3. The van der Waals surface area contributed by atoms with Gasteiger partial charge >= 0.3 is 6.18 Å². The Bertz CT molecular complexity index is 464. The first-order chi connectivity index (χ1) is 9.33. The van der Waals surface area contributed by atoms with E-state index in [0.29, 0.717) is 31.6 Å². The lowest BCUT2D eigenvalue weighted by atomic mass is 10.0. The number of alkyl halides is 3.